The summed E-state index contributed by atoms with van der Waals surface area (Å²) in [4.78, 5) is 149. The van der Waals surface area contributed by atoms with Gasteiger partial charge in [0.15, 0.2) is 17.9 Å². The number of carbonyl (C=O) groups excluding carboxylic acids is 8. The van der Waals surface area contributed by atoms with E-state index in [1.165, 1.54) is 0 Å². The fourth-order valence-corrected chi connectivity index (χ4v) is 11.4. The van der Waals surface area contributed by atoms with Crippen molar-refractivity contribution >= 4 is 92.9 Å². The highest BCUT2D eigenvalue weighted by atomic mass is 16.4. The van der Waals surface area contributed by atoms with Crippen molar-refractivity contribution in [2.45, 2.75) is 158 Å². The molecule has 10 atom stereocenters. The molecule has 544 valence electrons. The third-order valence-corrected chi connectivity index (χ3v) is 17.1. The number of aliphatic imine (C=N–C) groups is 3. The number of aliphatic carboxylic acids is 1. The lowest BCUT2D eigenvalue weighted by Gasteiger charge is -2.30. The van der Waals surface area contributed by atoms with Crippen molar-refractivity contribution in [3.8, 4) is 0 Å². The number of benzene rings is 4. The molecule has 0 bridgehead atoms. The fraction of sp³-hybridized carbons (Fsp3) is 0.429. The Balaban J connectivity index is 1.27. The normalized spacial score (nSPS) is 14.1. The predicted octanol–water partition coefficient (Wildman–Crippen LogP) is -0.454. The van der Waals surface area contributed by atoms with Crippen molar-refractivity contribution < 1.29 is 48.3 Å². The first-order chi connectivity index (χ1) is 48.4. The van der Waals surface area contributed by atoms with Crippen molar-refractivity contribution in [3.63, 3.8) is 0 Å². The van der Waals surface area contributed by atoms with Gasteiger partial charge >= 0.3 is 5.97 Å². The fourth-order valence-electron chi connectivity index (χ4n) is 11.4. The van der Waals surface area contributed by atoms with Gasteiger partial charge in [0.2, 0.25) is 47.3 Å². The number of hydrogen-bond acceptors (Lipinski definition) is 14. The molecule has 101 heavy (non-hydrogen) atoms. The number of guanidine groups is 3. The van der Waals surface area contributed by atoms with Gasteiger partial charge in [-0.3, -0.25) is 53.3 Å². The maximum Gasteiger partial charge on any atom is 0.326 e. The molecular formula is C70H99N21O10. The number of fused-ring (bicyclic) bond motifs is 2. The number of amides is 8. The molecule has 0 saturated heterocycles. The first-order valence-electron chi connectivity index (χ1n) is 33.9. The van der Waals surface area contributed by atoms with Gasteiger partial charge < -0.3 is 103 Å². The number of hydrogen-bond donors (Lipinski definition) is 19. The Labute approximate surface area is 586 Å². The van der Waals surface area contributed by atoms with Crippen LogP contribution < -0.4 is 88.4 Å². The smallest absolute Gasteiger partial charge is 0.326 e. The highest BCUT2D eigenvalue weighted by Crippen LogP contribution is 2.22. The number of nitrogens with zero attached hydrogens (tertiary/aromatic N) is 3. The molecule has 6 rings (SSSR count). The molecule has 0 radical (unpaired) electrons. The summed E-state index contributed by atoms with van der Waals surface area (Å²) in [5.41, 5.74) is 49.5. The molecular weight excluding hydrogens is 1290 g/mol. The molecule has 0 aliphatic carbocycles. The molecule has 4 aromatic carbocycles. The van der Waals surface area contributed by atoms with Crippen LogP contribution in [-0.2, 0) is 68.8 Å². The number of carboxylic acids is 1. The minimum atomic E-state index is -1.44. The number of carboxylic acid groups (broad SMARTS) is 1. The number of para-hydroxylation sites is 2. The molecule has 8 amide bonds. The summed E-state index contributed by atoms with van der Waals surface area (Å²) < 4.78 is 0. The molecule has 0 fully saturated rings. The van der Waals surface area contributed by atoms with Crippen molar-refractivity contribution in [2.24, 2.45) is 66.8 Å². The zero-order valence-corrected chi connectivity index (χ0v) is 57.1. The molecule has 0 saturated carbocycles. The molecule has 2 heterocycles. The summed E-state index contributed by atoms with van der Waals surface area (Å²) in [7, 11) is 0. The second kappa shape index (κ2) is 40.7. The standard InChI is InChI=1S/C70H99N21O10/c1-3-41(2)58(66(99)86-53(30-18-34-81-70(77)78)62(95)89-56(37-44-39-82-49-26-12-10-23-46(44)49)64(97)90-57(67(100)101)38-45-40-83-50-27-13-11-24-47(45)50)91-65(98)55(36-43-21-8-5-9-22-43)88-60(93)51(28-14-15-31-71)85-63(96)54(35-42-19-6-4-7-20-42)87-61(94)52(29-17-33-80-69(75)76)84-59(92)48(72)25-16-32-79-68(73)74/h4-13,19-24,26-27,39-41,48,51-58,82-83H,3,14-18,25,28-38,71-72H2,1-2H3,(H,84,92)(H,85,96)(H,86,99)(H,87,94)(H,88,93)(H,89,95)(H,90,97)(H,91,98)(H,100,101)(H4,73,74,79)(H4,75,76,80)(H4,77,78,81)/t41-,48-,51-,52-,53-,54-,55-,56-,57-,58-/m0/s1. The highest BCUT2D eigenvalue weighted by Gasteiger charge is 2.37. The van der Waals surface area contributed by atoms with E-state index >= 15 is 9.59 Å². The highest BCUT2D eigenvalue weighted by molar-refractivity contribution is 5.99. The van der Waals surface area contributed by atoms with Gasteiger partial charge in [-0.15, -0.1) is 0 Å². The third-order valence-electron chi connectivity index (χ3n) is 17.1. The molecule has 31 heteroatoms. The van der Waals surface area contributed by atoms with Crippen LogP contribution in [0.1, 0.15) is 100 Å². The Kier molecular flexibility index (Phi) is 31.8. The predicted molar refractivity (Wildman–Crippen MR) is 387 cm³/mol. The van der Waals surface area contributed by atoms with Crippen LogP contribution in [0, 0.1) is 5.92 Å². The van der Waals surface area contributed by atoms with Gasteiger partial charge in [-0.2, -0.15) is 0 Å². The third kappa shape index (κ3) is 25.9. The minimum Gasteiger partial charge on any atom is -0.480 e. The largest absolute Gasteiger partial charge is 0.480 e. The van der Waals surface area contributed by atoms with Crippen LogP contribution in [0.25, 0.3) is 21.8 Å². The van der Waals surface area contributed by atoms with Crippen LogP contribution in [0.5, 0.6) is 0 Å². The lowest BCUT2D eigenvalue weighted by Crippen LogP contribution is -2.61. The molecule has 0 aliphatic heterocycles. The van der Waals surface area contributed by atoms with Gasteiger partial charge in [-0.05, 0) is 105 Å². The lowest BCUT2D eigenvalue weighted by molar-refractivity contribution is -0.142. The van der Waals surface area contributed by atoms with Gasteiger partial charge in [0.25, 0.3) is 0 Å². The number of nitrogens with one attached hydrogen (secondary N) is 10. The van der Waals surface area contributed by atoms with Gasteiger partial charge in [0.1, 0.15) is 48.3 Å². The van der Waals surface area contributed by atoms with Gasteiger partial charge in [0.05, 0.1) is 6.04 Å². The zero-order valence-electron chi connectivity index (χ0n) is 57.1. The van der Waals surface area contributed by atoms with Crippen LogP contribution in [0.3, 0.4) is 0 Å². The van der Waals surface area contributed by atoms with E-state index < -0.39 is 114 Å². The molecule has 0 aliphatic rings. The van der Waals surface area contributed by atoms with E-state index in [4.69, 9.17) is 45.9 Å². The maximum atomic E-state index is 15.1. The number of aromatic nitrogens is 2. The molecule has 27 N–H and O–H groups in total. The van der Waals surface area contributed by atoms with E-state index in [-0.39, 0.29) is 108 Å². The molecule has 0 spiro atoms. The van der Waals surface area contributed by atoms with E-state index in [1.807, 2.05) is 48.5 Å². The average Bonchev–Trinajstić information content (AvgIpc) is 1.67. The number of unbranched alkanes of at least 4 members (excludes halogenated alkanes) is 1. The molecule has 6 aromatic rings. The number of rotatable bonds is 43. The van der Waals surface area contributed by atoms with Gasteiger partial charge in [-0.1, -0.05) is 117 Å². The Bertz CT molecular complexity index is 3790. The second-order valence-corrected chi connectivity index (χ2v) is 24.9. The maximum absolute atomic E-state index is 15.1. The number of H-pyrrole nitrogens is 2. The summed E-state index contributed by atoms with van der Waals surface area (Å²) in [6.07, 6.45) is 4.84. The van der Waals surface area contributed by atoms with E-state index in [0.717, 1.165) is 21.8 Å². The quantitative estimate of drug-likeness (QED) is 0.0131. The van der Waals surface area contributed by atoms with Crippen molar-refractivity contribution in [1.82, 2.24) is 52.5 Å². The van der Waals surface area contributed by atoms with Crippen LogP contribution in [0.2, 0.25) is 0 Å². The summed E-state index contributed by atoms with van der Waals surface area (Å²) >= 11 is 0. The van der Waals surface area contributed by atoms with Gasteiger partial charge in [0, 0.05) is 79.5 Å². The first kappa shape index (κ1) is 78.9. The average molecular weight is 1390 g/mol. The number of nitrogens with two attached hydrogens (primary N) is 8. The lowest BCUT2D eigenvalue weighted by atomic mass is 9.96. The molecule has 2 aromatic heterocycles. The van der Waals surface area contributed by atoms with E-state index in [2.05, 4.69) is 67.5 Å². The topological polar surface area (TPSA) is 547 Å². The summed E-state index contributed by atoms with van der Waals surface area (Å²) in [5, 5.41) is 34.3. The number of aromatic amines is 2. The Morgan fingerprint density at radius 2 is 0.762 bits per heavy atom. The van der Waals surface area contributed by atoms with Crippen LogP contribution in [0.4, 0.5) is 0 Å². The summed E-state index contributed by atoms with van der Waals surface area (Å²) in [6, 6.07) is 20.1. The Morgan fingerprint density at radius 3 is 1.19 bits per heavy atom. The van der Waals surface area contributed by atoms with Crippen molar-refractivity contribution in [2.75, 3.05) is 26.2 Å². The van der Waals surface area contributed by atoms with E-state index in [9.17, 15) is 38.7 Å². The molecule has 31 nitrogen and oxygen atoms in total. The van der Waals surface area contributed by atoms with E-state index in [0.29, 0.717) is 47.9 Å². The van der Waals surface area contributed by atoms with Gasteiger partial charge in [-0.25, -0.2) is 4.79 Å². The Morgan fingerprint density at radius 1 is 0.416 bits per heavy atom. The van der Waals surface area contributed by atoms with Crippen LogP contribution in [-0.4, -0.2) is 167 Å². The molecule has 0 unspecified atom stereocenters. The van der Waals surface area contributed by atoms with Crippen molar-refractivity contribution in [1.29, 1.82) is 0 Å². The van der Waals surface area contributed by atoms with Crippen LogP contribution in [0.15, 0.2) is 137 Å². The zero-order chi connectivity index (χ0) is 73.4. The SMILES string of the molecule is CC[C@H](C)[C@H](NC(=O)[C@H](Cc1ccccc1)NC(=O)[C@H](CCCCN)NC(=O)[C@H](Cc1ccccc1)NC(=O)[C@H](CCCN=C(N)N)NC(=O)[C@@H](N)CCCN=C(N)N)C(=O)N[C@@H](CCCN=C(N)N)C(=O)N[C@@H](Cc1c[nH]c2ccccc12)C(=O)N[C@@H](Cc1c[nH]c2ccccc12)C(=O)O. The Hall–Kier alpha value is -11.1. The van der Waals surface area contributed by atoms with Crippen LogP contribution >= 0.6 is 0 Å². The minimum absolute atomic E-state index is 0.0138. The van der Waals surface area contributed by atoms with Crippen molar-refractivity contribution in [3.05, 3.63) is 144 Å². The first-order valence-corrected chi connectivity index (χ1v) is 33.9. The number of carbonyl (C=O) groups is 9. The monoisotopic (exact) mass is 1390 g/mol. The summed E-state index contributed by atoms with van der Waals surface area (Å²) in [6.45, 7) is 4.08. The summed E-state index contributed by atoms with van der Waals surface area (Å²) in [5.74, 6) is -8.75. The second-order valence-electron chi connectivity index (χ2n) is 24.9. The van der Waals surface area contributed by atoms with E-state index in [1.54, 1.807) is 86.9 Å².